The van der Waals surface area contributed by atoms with Crippen LogP contribution in [0.5, 0.6) is 0 Å². The Balaban J connectivity index is 1.57. The number of aromatic nitrogens is 5. The first kappa shape index (κ1) is 18.4. The van der Waals surface area contributed by atoms with Crippen molar-refractivity contribution >= 4 is 22.4 Å². The molecule has 4 heterocycles. The molecule has 5 rings (SSSR count). The van der Waals surface area contributed by atoms with E-state index in [-0.39, 0.29) is 11.7 Å². The number of rotatable bonds is 3. The molecule has 0 radical (unpaired) electrons. The van der Waals surface area contributed by atoms with E-state index >= 15 is 0 Å². The molecule has 3 aromatic rings. The Kier molecular flexibility index (Phi) is 4.52. The molecule has 1 fully saturated rings. The van der Waals surface area contributed by atoms with Gasteiger partial charge in [-0.25, -0.2) is 14.4 Å². The summed E-state index contributed by atoms with van der Waals surface area (Å²) in [5.74, 6) is 1.15. The highest BCUT2D eigenvalue weighted by Crippen LogP contribution is 2.39. The summed E-state index contributed by atoms with van der Waals surface area (Å²) in [5, 5.41) is 13.8. The molecule has 1 aliphatic carbocycles. The highest BCUT2D eigenvalue weighted by Gasteiger charge is 2.30. The summed E-state index contributed by atoms with van der Waals surface area (Å²) in [7, 11) is 0. The highest BCUT2D eigenvalue weighted by molar-refractivity contribution is 5.99. The molecule has 0 bridgehead atoms. The number of ether oxygens (including phenoxy) is 1. The minimum Gasteiger partial charge on any atom is -0.365 e. The molecule has 0 aromatic carbocycles. The fourth-order valence-corrected chi connectivity index (χ4v) is 3.93. The molecule has 1 saturated heterocycles. The van der Waals surface area contributed by atoms with Gasteiger partial charge in [-0.05, 0) is 25.3 Å². The van der Waals surface area contributed by atoms with Crippen LogP contribution in [0.1, 0.15) is 36.2 Å². The molecule has 0 spiro atoms. The highest BCUT2D eigenvalue weighted by atomic mass is 19.1. The van der Waals surface area contributed by atoms with Gasteiger partial charge in [0.2, 0.25) is 0 Å². The summed E-state index contributed by atoms with van der Waals surface area (Å²) in [6.07, 6.45) is 5.57. The van der Waals surface area contributed by atoms with Gasteiger partial charge in [-0.2, -0.15) is 10.2 Å². The second-order valence-electron chi connectivity index (χ2n) is 7.17. The van der Waals surface area contributed by atoms with E-state index in [4.69, 9.17) is 9.26 Å². The van der Waals surface area contributed by atoms with Crippen molar-refractivity contribution in [3.05, 3.63) is 47.3 Å². The molecule has 0 amide bonds. The molecule has 1 N–H and O–H groups in total. The summed E-state index contributed by atoms with van der Waals surface area (Å²) in [4.78, 5) is 18.2. The van der Waals surface area contributed by atoms with Crippen molar-refractivity contribution in [1.82, 2.24) is 25.1 Å². The lowest BCUT2D eigenvalue weighted by Gasteiger charge is -2.32. The van der Waals surface area contributed by atoms with Crippen LogP contribution in [0.2, 0.25) is 0 Å². The molecule has 152 valence electrons. The quantitative estimate of drug-likeness (QED) is 0.704. The van der Waals surface area contributed by atoms with E-state index < -0.39 is 5.83 Å². The van der Waals surface area contributed by atoms with E-state index in [0.29, 0.717) is 66.9 Å². The van der Waals surface area contributed by atoms with Crippen LogP contribution < -0.4 is 4.90 Å². The Labute approximate surface area is 170 Å². The zero-order chi connectivity index (χ0) is 20.7. The molecule has 2 aliphatic rings. The second-order valence-corrected chi connectivity index (χ2v) is 7.17. The minimum absolute atomic E-state index is 0.0715. The number of anilines is 1. The fraction of sp³-hybridized carbons (Fsp3) is 0.350. The van der Waals surface area contributed by atoms with E-state index in [2.05, 4.69) is 30.0 Å². The van der Waals surface area contributed by atoms with E-state index in [9.17, 15) is 9.65 Å². The van der Waals surface area contributed by atoms with Gasteiger partial charge in [-0.1, -0.05) is 11.2 Å². The van der Waals surface area contributed by atoms with Gasteiger partial charge in [0.15, 0.2) is 11.9 Å². The van der Waals surface area contributed by atoms with E-state index in [0.717, 1.165) is 5.39 Å². The van der Waals surface area contributed by atoms with Crippen LogP contribution in [0.3, 0.4) is 0 Å². The fourth-order valence-electron chi connectivity index (χ4n) is 3.93. The summed E-state index contributed by atoms with van der Waals surface area (Å²) >= 11 is 0. The van der Waals surface area contributed by atoms with Gasteiger partial charge in [-0.15, -0.1) is 0 Å². The number of aryl methyl sites for hydroxylation is 1. The van der Waals surface area contributed by atoms with Gasteiger partial charge >= 0.3 is 0 Å². The molecule has 0 saturated carbocycles. The minimum atomic E-state index is -0.486. The standard InChI is InChI=1S/C20H18FN7O2/c1-11-26-20(30-27-11)15-9-28(5-6-29-15)19-16-14(8-23-18(16)24-10-25-19)13-4-2-3-12(7-22)17(13)21/h3,8,10,15H,2,4-6,9H2,1H3,(H,23,24,25). The van der Waals surface area contributed by atoms with Crippen molar-refractivity contribution in [3.63, 3.8) is 0 Å². The number of allylic oxidation sites excluding steroid dienone is 4. The van der Waals surface area contributed by atoms with Gasteiger partial charge in [0.25, 0.3) is 5.89 Å². The van der Waals surface area contributed by atoms with Gasteiger partial charge in [0, 0.05) is 18.3 Å². The van der Waals surface area contributed by atoms with Crippen molar-refractivity contribution in [2.75, 3.05) is 24.6 Å². The van der Waals surface area contributed by atoms with Gasteiger partial charge in [0.05, 0.1) is 24.1 Å². The van der Waals surface area contributed by atoms with Crippen molar-refractivity contribution < 1.29 is 13.7 Å². The zero-order valence-corrected chi connectivity index (χ0v) is 16.2. The van der Waals surface area contributed by atoms with Gasteiger partial charge in [0.1, 0.15) is 29.7 Å². The monoisotopic (exact) mass is 407 g/mol. The molecule has 1 unspecified atom stereocenters. The summed E-state index contributed by atoms with van der Waals surface area (Å²) < 4.78 is 26.0. The number of nitriles is 1. The number of fused-ring (bicyclic) bond motifs is 1. The number of aromatic amines is 1. The maximum atomic E-state index is 14.9. The van der Waals surface area contributed by atoms with E-state index in [1.807, 2.05) is 6.07 Å². The third kappa shape index (κ3) is 3.04. The van der Waals surface area contributed by atoms with Crippen molar-refractivity contribution in [3.8, 4) is 6.07 Å². The number of morpholine rings is 1. The Morgan fingerprint density at radius 2 is 2.27 bits per heavy atom. The van der Waals surface area contributed by atoms with E-state index in [1.54, 1.807) is 19.2 Å². The predicted molar refractivity (Wildman–Crippen MR) is 105 cm³/mol. The second kappa shape index (κ2) is 7.35. The lowest BCUT2D eigenvalue weighted by molar-refractivity contribution is 0.0185. The van der Waals surface area contributed by atoms with Crippen LogP contribution in [0, 0.1) is 18.3 Å². The molecule has 3 aromatic heterocycles. The van der Waals surface area contributed by atoms with E-state index in [1.165, 1.54) is 6.33 Å². The Hall–Kier alpha value is -3.58. The van der Waals surface area contributed by atoms with Gasteiger partial charge < -0.3 is 19.1 Å². The molecule has 9 nitrogen and oxygen atoms in total. The van der Waals surface area contributed by atoms with Crippen LogP contribution >= 0.6 is 0 Å². The molecule has 1 atom stereocenters. The van der Waals surface area contributed by atoms with Crippen LogP contribution in [0.25, 0.3) is 16.6 Å². The third-order valence-electron chi connectivity index (χ3n) is 5.32. The predicted octanol–water partition coefficient (Wildman–Crippen LogP) is 3.15. The lowest BCUT2D eigenvalue weighted by Crippen LogP contribution is -2.39. The number of H-pyrrole nitrogens is 1. The van der Waals surface area contributed by atoms with Crippen LogP contribution in [0.4, 0.5) is 10.2 Å². The number of nitrogens with one attached hydrogen (secondary N) is 1. The SMILES string of the molecule is Cc1noc(C2CN(c3ncnc4[nH]cc(C5=C(F)C(C#N)=CCC5)c34)CCO2)n1. The number of nitrogens with zero attached hydrogens (tertiary/aromatic N) is 6. The lowest BCUT2D eigenvalue weighted by atomic mass is 9.93. The molecular weight excluding hydrogens is 389 g/mol. The maximum Gasteiger partial charge on any atom is 0.257 e. The number of hydrogen-bond acceptors (Lipinski definition) is 8. The van der Waals surface area contributed by atoms with Crippen LogP contribution in [-0.2, 0) is 4.74 Å². The first-order valence-electron chi connectivity index (χ1n) is 9.64. The zero-order valence-electron chi connectivity index (χ0n) is 16.2. The average Bonchev–Trinajstić information content (AvgIpc) is 3.40. The topological polar surface area (TPSA) is 117 Å². The number of hydrogen-bond donors (Lipinski definition) is 1. The Morgan fingerprint density at radius 3 is 3.07 bits per heavy atom. The normalized spacial score (nSPS) is 19.8. The van der Waals surface area contributed by atoms with Crippen LogP contribution in [0.15, 0.2) is 34.5 Å². The Morgan fingerprint density at radius 1 is 1.37 bits per heavy atom. The van der Waals surface area contributed by atoms with Crippen LogP contribution in [-0.4, -0.2) is 44.8 Å². The molecule has 30 heavy (non-hydrogen) atoms. The largest absolute Gasteiger partial charge is 0.365 e. The smallest absolute Gasteiger partial charge is 0.257 e. The van der Waals surface area contributed by atoms with Crippen molar-refractivity contribution in [2.45, 2.75) is 25.9 Å². The summed E-state index contributed by atoms with van der Waals surface area (Å²) in [6, 6.07) is 1.93. The number of halogens is 1. The molecule has 10 heteroatoms. The van der Waals surface area contributed by atoms with Crippen molar-refractivity contribution in [2.24, 2.45) is 0 Å². The summed E-state index contributed by atoms with van der Waals surface area (Å²) in [5.41, 5.74) is 1.85. The van der Waals surface area contributed by atoms with Crippen molar-refractivity contribution in [1.29, 1.82) is 5.26 Å². The molecular formula is C20H18FN7O2. The average molecular weight is 407 g/mol. The Bertz CT molecular complexity index is 1220. The first-order chi connectivity index (χ1) is 14.7. The maximum absolute atomic E-state index is 14.9. The third-order valence-corrected chi connectivity index (χ3v) is 5.32. The summed E-state index contributed by atoms with van der Waals surface area (Å²) in [6.45, 7) is 3.27. The first-order valence-corrected chi connectivity index (χ1v) is 9.64. The molecule has 1 aliphatic heterocycles. The van der Waals surface area contributed by atoms with Gasteiger partial charge in [-0.3, -0.25) is 0 Å².